The summed E-state index contributed by atoms with van der Waals surface area (Å²) < 4.78 is 0. The highest BCUT2D eigenvalue weighted by Gasteiger charge is 2.37. The molecule has 23 heavy (non-hydrogen) atoms. The van der Waals surface area contributed by atoms with Crippen LogP contribution in [0.1, 0.15) is 12.0 Å². The molecule has 0 radical (unpaired) electrons. The van der Waals surface area contributed by atoms with E-state index in [4.69, 9.17) is 0 Å². The third-order valence-electron chi connectivity index (χ3n) is 4.66. The fourth-order valence-electron chi connectivity index (χ4n) is 3.48. The first kappa shape index (κ1) is 14.3. The summed E-state index contributed by atoms with van der Waals surface area (Å²) in [5.41, 5.74) is 7.04. The molecule has 0 saturated carbocycles. The molecule has 1 aromatic carbocycles. The van der Waals surface area contributed by atoms with Gasteiger partial charge < -0.3 is 10.2 Å². The summed E-state index contributed by atoms with van der Waals surface area (Å²) in [5.74, 6) is 0.0448. The van der Waals surface area contributed by atoms with Crippen LogP contribution in [0.4, 0.5) is 5.69 Å². The van der Waals surface area contributed by atoms with Crippen molar-refractivity contribution in [3.05, 3.63) is 41.6 Å². The average molecular weight is 311 g/mol. The number of anilines is 1. The first-order valence-electron chi connectivity index (χ1n) is 8.07. The van der Waals surface area contributed by atoms with Gasteiger partial charge in [-0.15, -0.1) is 0 Å². The van der Waals surface area contributed by atoms with Crippen LogP contribution in [0.25, 0.3) is 0 Å². The van der Waals surface area contributed by atoms with Crippen LogP contribution in [-0.4, -0.2) is 49.0 Å². The Labute approximate surface area is 135 Å². The van der Waals surface area contributed by atoms with E-state index in [1.807, 2.05) is 5.01 Å². The lowest BCUT2D eigenvalue weighted by Gasteiger charge is -2.31. The van der Waals surface area contributed by atoms with Crippen molar-refractivity contribution in [1.29, 1.82) is 0 Å². The topological polar surface area (TPSA) is 60.0 Å². The minimum absolute atomic E-state index is 0.0448. The van der Waals surface area contributed by atoms with Crippen molar-refractivity contribution >= 4 is 17.9 Å². The van der Waals surface area contributed by atoms with Gasteiger partial charge in [0.05, 0.1) is 0 Å². The smallest absolute Gasteiger partial charge is 0.249 e. The van der Waals surface area contributed by atoms with Gasteiger partial charge in [-0.2, -0.15) is 0 Å². The van der Waals surface area contributed by atoms with Gasteiger partial charge in [-0.25, -0.2) is 10.4 Å². The zero-order valence-corrected chi connectivity index (χ0v) is 13.2. The van der Waals surface area contributed by atoms with E-state index in [0.29, 0.717) is 12.6 Å². The van der Waals surface area contributed by atoms with E-state index in [2.05, 4.69) is 51.8 Å². The van der Waals surface area contributed by atoms with Crippen molar-refractivity contribution < 1.29 is 4.79 Å². The third-order valence-corrected chi connectivity index (χ3v) is 4.66. The van der Waals surface area contributed by atoms with Crippen LogP contribution in [0.2, 0.25) is 0 Å². The maximum Gasteiger partial charge on any atom is 0.249 e. The van der Waals surface area contributed by atoms with Gasteiger partial charge in [-0.3, -0.25) is 9.80 Å². The summed E-state index contributed by atoms with van der Waals surface area (Å²) in [6.07, 6.45) is 4.55. The minimum Gasteiger partial charge on any atom is -0.370 e. The molecule has 1 aromatic rings. The second kappa shape index (κ2) is 5.70. The maximum absolute atomic E-state index is 12.0. The predicted octanol–water partition coefficient (Wildman–Crippen LogP) is 0.805. The molecule has 2 unspecified atom stereocenters. The number of carbonyl (C=O) groups is 1. The lowest BCUT2D eigenvalue weighted by atomic mass is 10.1. The number of hydrazine groups is 1. The first-order chi connectivity index (χ1) is 11.2. The summed E-state index contributed by atoms with van der Waals surface area (Å²) >= 11 is 0. The summed E-state index contributed by atoms with van der Waals surface area (Å²) in [5, 5.41) is 4.74. The molecular formula is C17H21N5O. The Bertz CT molecular complexity index is 683. The van der Waals surface area contributed by atoms with Gasteiger partial charge in [0.15, 0.2) is 0 Å². The van der Waals surface area contributed by atoms with Crippen LogP contribution >= 0.6 is 0 Å². The number of benzene rings is 1. The number of hydrogen-bond acceptors (Lipinski definition) is 5. The molecule has 120 valence electrons. The zero-order valence-electron chi connectivity index (χ0n) is 13.2. The fourth-order valence-corrected chi connectivity index (χ4v) is 3.48. The highest BCUT2D eigenvalue weighted by atomic mass is 16.2. The summed E-state index contributed by atoms with van der Waals surface area (Å²) in [7, 11) is 0. The van der Waals surface area contributed by atoms with Gasteiger partial charge >= 0.3 is 0 Å². The summed E-state index contributed by atoms with van der Waals surface area (Å²) in [6.45, 7) is 4.66. The van der Waals surface area contributed by atoms with Crippen molar-refractivity contribution in [3.63, 3.8) is 0 Å². The monoisotopic (exact) mass is 311 g/mol. The quantitative estimate of drug-likeness (QED) is 0.867. The Balaban J connectivity index is 1.42. The number of amides is 1. The second-order valence-electron chi connectivity index (χ2n) is 6.40. The van der Waals surface area contributed by atoms with Crippen LogP contribution < -0.4 is 15.6 Å². The Morgan fingerprint density at radius 2 is 2.30 bits per heavy atom. The van der Waals surface area contributed by atoms with Crippen LogP contribution in [0.5, 0.6) is 0 Å². The molecule has 6 heteroatoms. The van der Waals surface area contributed by atoms with Crippen molar-refractivity contribution in [2.75, 3.05) is 24.5 Å². The molecule has 2 saturated heterocycles. The molecule has 3 aliphatic rings. The number of nitrogens with one attached hydrogen (secondary N) is 2. The number of fused-ring (bicyclic) bond motifs is 1. The van der Waals surface area contributed by atoms with Crippen LogP contribution in [-0.2, 0) is 4.79 Å². The molecule has 2 atom stereocenters. The van der Waals surface area contributed by atoms with Crippen molar-refractivity contribution in [2.24, 2.45) is 4.99 Å². The Morgan fingerprint density at radius 3 is 3.17 bits per heavy atom. The molecule has 1 amide bonds. The number of hydrogen-bond donors (Lipinski definition) is 2. The molecule has 3 aliphatic heterocycles. The lowest BCUT2D eigenvalue weighted by molar-refractivity contribution is -0.122. The van der Waals surface area contributed by atoms with Crippen LogP contribution in [0.15, 0.2) is 41.0 Å². The van der Waals surface area contributed by atoms with Gasteiger partial charge in [-0.05, 0) is 31.0 Å². The van der Waals surface area contributed by atoms with Gasteiger partial charge in [0.1, 0.15) is 12.4 Å². The van der Waals surface area contributed by atoms with E-state index in [1.165, 1.54) is 11.3 Å². The molecule has 2 fully saturated rings. The van der Waals surface area contributed by atoms with Gasteiger partial charge in [0.25, 0.3) is 0 Å². The van der Waals surface area contributed by atoms with Crippen LogP contribution in [0.3, 0.4) is 0 Å². The van der Waals surface area contributed by atoms with E-state index in [-0.39, 0.29) is 11.9 Å². The summed E-state index contributed by atoms with van der Waals surface area (Å²) in [4.78, 5) is 18.6. The van der Waals surface area contributed by atoms with Crippen molar-refractivity contribution in [3.8, 4) is 0 Å². The molecule has 6 nitrogen and oxygen atoms in total. The van der Waals surface area contributed by atoms with E-state index in [9.17, 15) is 4.79 Å². The molecule has 3 heterocycles. The number of aryl methyl sites for hydroxylation is 1. The Kier molecular flexibility index (Phi) is 3.53. The molecule has 0 aliphatic carbocycles. The predicted molar refractivity (Wildman–Crippen MR) is 90.1 cm³/mol. The SMILES string of the molecule is Cc1cccc(N2CCC(NN3C=NC=C4CNC(=O)C43)C2)c1. The molecular weight excluding hydrogens is 290 g/mol. The van der Waals surface area contributed by atoms with Gasteiger partial charge in [0.2, 0.25) is 5.91 Å². The number of rotatable bonds is 3. The van der Waals surface area contributed by atoms with Gasteiger partial charge in [0, 0.05) is 43.1 Å². The normalized spacial score (nSPS) is 26.3. The van der Waals surface area contributed by atoms with Crippen molar-refractivity contribution in [2.45, 2.75) is 25.4 Å². The molecule has 4 rings (SSSR count). The largest absolute Gasteiger partial charge is 0.370 e. The first-order valence-corrected chi connectivity index (χ1v) is 8.07. The third kappa shape index (κ3) is 2.70. The van der Waals surface area contributed by atoms with E-state index in [1.54, 1.807) is 12.5 Å². The Morgan fingerprint density at radius 1 is 1.39 bits per heavy atom. The summed E-state index contributed by atoms with van der Waals surface area (Å²) in [6, 6.07) is 8.66. The minimum atomic E-state index is -0.250. The van der Waals surface area contributed by atoms with E-state index in [0.717, 1.165) is 25.1 Å². The number of aliphatic imine (C=N–C) groups is 1. The van der Waals surface area contributed by atoms with Crippen LogP contribution in [0, 0.1) is 6.92 Å². The van der Waals surface area contributed by atoms with Gasteiger partial charge in [-0.1, -0.05) is 12.1 Å². The highest BCUT2D eigenvalue weighted by Crippen LogP contribution is 2.23. The zero-order chi connectivity index (χ0) is 15.8. The molecule has 0 aromatic heterocycles. The van der Waals surface area contributed by atoms with Crippen molar-refractivity contribution in [1.82, 2.24) is 15.8 Å². The molecule has 0 spiro atoms. The molecule has 0 bridgehead atoms. The average Bonchev–Trinajstić information content (AvgIpc) is 3.15. The fraction of sp³-hybridized carbons (Fsp3) is 0.412. The standard InChI is InChI=1S/C17H21N5O/c1-12-3-2-4-15(7-12)21-6-5-14(10-21)20-22-11-18-8-13-9-19-17(23)16(13)22/h2-4,7-8,11,14,16,20H,5-6,9-10H2,1H3,(H,19,23). The Hall–Kier alpha value is -2.34. The molecule has 2 N–H and O–H groups in total. The van der Waals surface area contributed by atoms with E-state index >= 15 is 0 Å². The maximum atomic E-state index is 12.0. The lowest BCUT2D eigenvalue weighted by Crippen LogP contribution is -2.53. The van der Waals surface area contributed by atoms with E-state index < -0.39 is 0 Å². The number of carbonyl (C=O) groups excluding carboxylic acids is 1. The highest BCUT2D eigenvalue weighted by molar-refractivity contribution is 5.91. The number of nitrogens with zero attached hydrogens (tertiary/aromatic N) is 3. The second-order valence-corrected chi connectivity index (χ2v) is 6.40.